The largest absolute Gasteiger partial charge is 0.380 e. The molecule has 1 aromatic heterocycles. The Labute approximate surface area is 179 Å². The van der Waals surface area contributed by atoms with E-state index in [4.69, 9.17) is 4.74 Å². The monoisotopic (exact) mass is 493 g/mol. The van der Waals surface area contributed by atoms with E-state index in [2.05, 4.69) is 34.5 Å². The summed E-state index contributed by atoms with van der Waals surface area (Å²) in [5.74, 6) is 1.60. The third-order valence-electron chi connectivity index (χ3n) is 4.26. The maximum atomic E-state index is 13.9. The molecule has 1 fully saturated rings. The molecule has 0 aromatic carbocycles. The van der Waals surface area contributed by atoms with E-state index in [-0.39, 0.29) is 35.8 Å². The fourth-order valence-corrected chi connectivity index (χ4v) is 2.84. The van der Waals surface area contributed by atoms with Crippen LogP contribution in [0.1, 0.15) is 33.6 Å². The molecule has 1 aliphatic heterocycles. The van der Waals surface area contributed by atoms with Crippen molar-refractivity contribution < 1.29 is 9.13 Å². The average Bonchev–Trinajstić information content (AvgIpc) is 3.06. The molecule has 0 aliphatic carbocycles. The van der Waals surface area contributed by atoms with Crippen molar-refractivity contribution in [1.82, 2.24) is 15.6 Å². The minimum Gasteiger partial charge on any atom is -0.380 e. The van der Waals surface area contributed by atoms with Gasteiger partial charge >= 0.3 is 0 Å². The Morgan fingerprint density at radius 1 is 1.44 bits per heavy atom. The first kappa shape index (κ1) is 23.9. The summed E-state index contributed by atoms with van der Waals surface area (Å²) in [5.41, 5.74) is 0. The van der Waals surface area contributed by atoms with Gasteiger partial charge in [-0.15, -0.1) is 24.0 Å². The van der Waals surface area contributed by atoms with E-state index in [1.165, 1.54) is 6.07 Å². The van der Waals surface area contributed by atoms with Crippen LogP contribution in [0.3, 0.4) is 0 Å². The van der Waals surface area contributed by atoms with Crippen molar-refractivity contribution in [3.63, 3.8) is 0 Å². The molecule has 0 radical (unpaired) electrons. The quantitative estimate of drug-likeness (QED) is 0.240. The van der Waals surface area contributed by atoms with Crippen molar-refractivity contribution in [3.05, 3.63) is 24.1 Å². The number of aromatic nitrogens is 1. The van der Waals surface area contributed by atoms with E-state index < -0.39 is 0 Å². The lowest BCUT2D eigenvalue weighted by molar-refractivity contribution is 0.130. The first-order valence-corrected chi connectivity index (χ1v) is 9.58. The van der Waals surface area contributed by atoms with Crippen molar-refractivity contribution in [2.45, 2.75) is 39.7 Å². The van der Waals surface area contributed by atoms with Crippen molar-refractivity contribution in [1.29, 1.82) is 0 Å². The molecule has 1 aliphatic rings. The molecular formula is C19H33FIN5O. The number of ether oxygens (including phenoxy) is 1. The van der Waals surface area contributed by atoms with Crippen molar-refractivity contribution in [2.24, 2.45) is 10.9 Å². The summed E-state index contributed by atoms with van der Waals surface area (Å²) in [6, 6.07) is 3.29. The van der Waals surface area contributed by atoms with E-state index in [1.807, 2.05) is 11.8 Å². The zero-order valence-electron chi connectivity index (χ0n) is 16.6. The number of hydrogen-bond acceptors (Lipinski definition) is 4. The summed E-state index contributed by atoms with van der Waals surface area (Å²) >= 11 is 0. The van der Waals surface area contributed by atoms with Gasteiger partial charge in [0.15, 0.2) is 17.6 Å². The van der Waals surface area contributed by atoms with Crippen molar-refractivity contribution in [2.75, 3.05) is 44.3 Å². The van der Waals surface area contributed by atoms with Gasteiger partial charge < -0.3 is 20.3 Å². The van der Waals surface area contributed by atoms with Gasteiger partial charge in [0.25, 0.3) is 0 Å². The lowest BCUT2D eigenvalue weighted by atomic mass is 10.1. The zero-order valence-corrected chi connectivity index (χ0v) is 18.9. The molecule has 2 N–H and O–H groups in total. The second-order valence-corrected chi connectivity index (χ2v) is 6.94. The molecule has 2 heterocycles. The Morgan fingerprint density at radius 3 is 2.96 bits per heavy atom. The number of aliphatic imine (C=N–C) groups is 1. The van der Waals surface area contributed by atoms with Crippen LogP contribution in [-0.4, -0.2) is 56.4 Å². The van der Waals surface area contributed by atoms with Crippen molar-refractivity contribution >= 4 is 35.8 Å². The molecule has 2 rings (SSSR count). The third kappa shape index (κ3) is 8.59. The van der Waals surface area contributed by atoms with Gasteiger partial charge in [-0.25, -0.2) is 9.37 Å². The Bertz CT molecular complexity index is 573. The molecule has 8 heteroatoms. The molecule has 154 valence electrons. The standard InChI is InChI=1S/C19H32FN5O.HI/c1-4-21-19(23-10-13-26-12-8-15(2)3)24-16-7-11-25(14-16)18-17(20)6-5-9-22-18;/h5-6,9,15-16H,4,7-8,10-14H2,1-3H3,(H2,21,23,24);1H. The second kappa shape index (κ2) is 13.1. The Morgan fingerprint density at radius 2 is 2.26 bits per heavy atom. The summed E-state index contributed by atoms with van der Waals surface area (Å²) in [6.07, 6.45) is 3.62. The first-order chi connectivity index (χ1) is 12.6. The number of rotatable bonds is 9. The van der Waals surface area contributed by atoms with E-state index >= 15 is 0 Å². The van der Waals surface area contributed by atoms with Crippen LogP contribution < -0.4 is 15.5 Å². The highest BCUT2D eigenvalue weighted by molar-refractivity contribution is 14.0. The predicted octanol–water partition coefficient (Wildman–Crippen LogP) is 3.04. The number of anilines is 1. The van der Waals surface area contributed by atoms with Gasteiger partial charge in [-0.2, -0.15) is 0 Å². The third-order valence-corrected chi connectivity index (χ3v) is 4.26. The molecule has 0 amide bonds. The van der Waals surface area contributed by atoms with Gasteiger partial charge in [-0.1, -0.05) is 13.8 Å². The van der Waals surface area contributed by atoms with Gasteiger partial charge in [0.1, 0.15) is 0 Å². The molecule has 0 saturated carbocycles. The fraction of sp³-hybridized carbons (Fsp3) is 0.684. The summed E-state index contributed by atoms with van der Waals surface area (Å²) in [7, 11) is 0. The van der Waals surface area contributed by atoms with Crippen molar-refractivity contribution in [3.8, 4) is 0 Å². The molecule has 1 aromatic rings. The maximum Gasteiger partial charge on any atom is 0.191 e. The number of nitrogens with one attached hydrogen (secondary N) is 2. The number of hydrogen-bond donors (Lipinski definition) is 2. The second-order valence-electron chi connectivity index (χ2n) is 6.94. The van der Waals surface area contributed by atoms with E-state index in [0.29, 0.717) is 31.4 Å². The summed E-state index contributed by atoms with van der Waals surface area (Å²) in [4.78, 5) is 10.7. The topological polar surface area (TPSA) is 61.8 Å². The zero-order chi connectivity index (χ0) is 18.8. The molecule has 1 unspecified atom stereocenters. The molecule has 0 spiro atoms. The highest BCUT2D eigenvalue weighted by Gasteiger charge is 2.25. The van der Waals surface area contributed by atoms with Crippen LogP contribution in [-0.2, 0) is 4.74 Å². The Hall–Kier alpha value is -1.16. The Kier molecular flexibility index (Phi) is 11.6. The van der Waals surface area contributed by atoms with Crippen LogP contribution in [0.2, 0.25) is 0 Å². The van der Waals surface area contributed by atoms with E-state index in [1.54, 1.807) is 12.3 Å². The molecule has 1 atom stereocenters. The predicted molar refractivity (Wildman–Crippen MR) is 120 cm³/mol. The number of nitrogens with zero attached hydrogens (tertiary/aromatic N) is 3. The van der Waals surface area contributed by atoms with E-state index in [9.17, 15) is 4.39 Å². The minimum absolute atomic E-state index is 0. The molecule has 0 bridgehead atoms. The fourth-order valence-electron chi connectivity index (χ4n) is 2.84. The highest BCUT2D eigenvalue weighted by Crippen LogP contribution is 2.20. The van der Waals surface area contributed by atoms with Gasteiger partial charge in [-0.3, -0.25) is 4.99 Å². The lowest BCUT2D eigenvalue weighted by Crippen LogP contribution is -2.44. The van der Waals surface area contributed by atoms with Crippen LogP contribution in [0.15, 0.2) is 23.3 Å². The number of pyridine rings is 1. The Balaban J connectivity index is 0.00000364. The van der Waals surface area contributed by atoms with Gasteiger partial charge in [0, 0.05) is 38.5 Å². The van der Waals surface area contributed by atoms with Crippen LogP contribution in [0.5, 0.6) is 0 Å². The smallest absolute Gasteiger partial charge is 0.191 e. The summed E-state index contributed by atoms with van der Waals surface area (Å²) < 4.78 is 19.5. The van der Waals surface area contributed by atoms with E-state index in [0.717, 1.165) is 38.5 Å². The van der Waals surface area contributed by atoms with Crippen LogP contribution in [0.4, 0.5) is 10.2 Å². The van der Waals surface area contributed by atoms with Crippen LogP contribution in [0, 0.1) is 11.7 Å². The molecule has 27 heavy (non-hydrogen) atoms. The lowest BCUT2D eigenvalue weighted by Gasteiger charge is -2.20. The van der Waals surface area contributed by atoms with Gasteiger partial charge in [-0.05, 0) is 37.8 Å². The number of halogens is 2. The average molecular weight is 493 g/mol. The molecule has 1 saturated heterocycles. The maximum absolute atomic E-state index is 13.9. The number of guanidine groups is 1. The van der Waals surface area contributed by atoms with Crippen LogP contribution >= 0.6 is 24.0 Å². The summed E-state index contributed by atoms with van der Waals surface area (Å²) in [5, 5.41) is 6.70. The molecule has 6 nitrogen and oxygen atoms in total. The summed E-state index contributed by atoms with van der Waals surface area (Å²) in [6.45, 7) is 10.7. The SMILES string of the molecule is CCNC(=NCCOCCC(C)C)NC1CCN(c2ncccc2F)C1.I. The minimum atomic E-state index is -0.271. The first-order valence-electron chi connectivity index (χ1n) is 9.58. The van der Waals surface area contributed by atoms with Gasteiger partial charge in [0.2, 0.25) is 0 Å². The normalized spacial score (nSPS) is 17.1. The molecular weight excluding hydrogens is 460 g/mol. The highest BCUT2D eigenvalue weighted by atomic mass is 127. The van der Waals surface area contributed by atoms with Gasteiger partial charge in [0.05, 0.1) is 13.2 Å². The van der Waals surface area contributed by atoms with Crippen LogP contribution in [0.25, 0.3) is 0 Å².